The van der Waals surface area contributed by atoms with Crippen LogP contribution in [0.15, 0.2) is 55.0 Å². The first-order chi connectivity index (χ1) is 13.7. The van der Waals surface area contributed by atoms with Crippen molar-refractivity contribution in [3.8, 4) is 0 Å². The average Bonchev–Trinajstić information content (AvgIpc) is 3.40. The Labute approximate surface area is 164 Å². The van der Waals surface area contributed by atoms with Crippen LogP contribution in [0.4, 0.5) is 0 Å². The van der Waals surface area contributed by atoms with Crippen LogP contribution in [0.3, 0.4) is 0 Å². The fourth-order valence-electron chi connectivity index (χ4n) is 3.79. The maximum absolute atomic E-state index is 13.1. The van der Waals surface area contributed by atoms with Gasteiger partial charge in [0.1, 0.15) is 0 Å². The number of rotatable bonds is 6. The molecule has 7 nitrogen and oxygen atoms in total. The maximum atomic E-state index is 13.1. The second-order valence-corrected chi connectivity index (χ2v) is 7.22. The molecule has 0 bridgehead atoms. The highest BCUT2D eigenvalue weighted by Gasteiger charge is 2.27. The minimum atomic E-state index is 0.0711. The predicted octanol–water partition coefficient (Wildman–Crippen LogP) is 2.14. The molecule has 0 radical (unpaired) electrons. The molecule has 1 N–H and O–H groups in total. The molecule has 3 aromatic rings. The predicted molar refractivity (Wildman–Crippen MR) is 105 cm³/mol. The lowest BCUT2D eigenvalue weighted by Crippen LogP contribution is -2.39. The number of nitrogens with zero attached hydrogens (tertiary/aromatic N) is 5. The smallest absolute Gasteiger partial charge is 0.253 e. The van der Waals surface area contributed by atoms with Gasteiger partial charge in [-0.05, 0) is 42.7 Å². The molecule has 1 fully saturated rings. The fourth-order valence-corrected chi connectivity index (χ4v) is 3.79. The second-order valence-electron chi connectivity index (χ2n) is 7.22. The summed E-state index contributed by atoms with van der Waals surface area (Å²) in [6, 6.07) is 11.7. The minimum absolute atomic E-state index is 0.0711. The molecule has 0 aliphatic carbocycles. The van der Waals surface area contributed by atoms with Crippen molar-refractivity contribution >= 4 is 5.91 Å². The number of piperidine rings is 1. The number of likely N-dealkylation sites (tertiary alicyclic amines) is 1. The highest BCUT2D eigenvalue weighted by Crippen LogP contribution is 2.26. The summed E-state index contributed by atoms with van der Waals surface area (Å²) in [6.07, 6.45) is 7.56. The monoisotopic (exact) mass is 379 g/mol. The van der Waals surface area contributed by atoms with Gasteiger partial charge in [0.05, 0.1) is 25.4 Å². The minimum Gasteiger partial charge on any atom is -0.394 e. The first-order valence-electron chi connectivity index (χ1n) is 9.73. The van der Waals surface area contributed by atoms with Crippen LogP contribution in [0, 0.1) is 0 Å². The van der Waals surface area contributed by atoms with Crippen molar-refractivity contribution < 1.29 is 9.90 Å². The van der Waals surface area contributed by atoms with Gasteiger partial charge in [0.2, 0.25) is 0 Å². The van der Waals surface area contributed by atoms with Crippen LogP contribution in [0.1, 0.15) is 40.4 Å². The number of aliphatic hydroxyl groups excluding tert-OH is 1. The van der Waals surface area contributed by atoms with Crippen LogP contribution in [0.25, 0.3) is 0 Å². The number of carbonyl (C=O) groups is 1. The molecule has 1 aliphatic rings. The molecule has 1 amide bonds. The van der Waals surface area contributed by atoms with Crippen molar-refractivity contribution in [3.05, 3.63) is 71.8 Å². The molecule has 28 heavy (non-hydrogen) atoms. The SMILES string of the molecule is O=C(c1cccc(Cn2cccn2)c1)N1CCC[C@H](c2ccn(CCO)n2)C1. The molecule has 7 heteroatoms. The zero-order valence-electron chi connectivity index (χ0n) is 15.8. The van der Waals surface area contributed by atoms with Crippen molar-refractivity contribution in [1.29, 1.82) is 0 Å². The van der Waals surface area contributed by atoms with E-state index in [4.69, 9.17) is 5.11 Å². The largest absolute Gasteiger partial charge is 0.394 e. The number of hydrogen-bond donors (Lipinski definition) is 1. The highest BCUT2D eigenvalue weighted by molar-refractivity contribution is 5.94. The number of aliphatic hydroxyl groups is 1. The van der Waals surface area contributed by atoms with Gasteiger partial charge in [-0.3, -0.25) is 14.2 Å². The van der Waals surface area contributed by atoms with E-state index in [-0.39, 0.29) is 18.4 Å². The van der Waals surface area contributed by atoms with E-state index >= 15 is 0 Å². The molecule has 1 saturated heterocycles. The lowest BCUT2D eigenvalue weighted by Gasteiger charge is -2.32. The first kappa shape index (κ1) is 18.4. The number of carbonyl (C=O) groups excluding carboxylic acids is 1. The van der Waals surface area contributed by atoms with Gasteiger partial charge in [-0.15, -0.1) is 0 Å². The molecule has 0 spiro atoms. The van der Waals surface area contributed by atoms with E-state index in [2.05, 4.69) is 10.2 Å². The molecular formula is C21H25N5O2. The van der Waals surface area contributed by atoms with E-state index in [1.807, 2.05) is 58.4 Å². The van der Waals surface area contributed by atoms with Crippen LogP contribution in [0.5, 0.6) is 0 Å². The topological polar surface area (TPSA) is 76.2 Å². The van der Waals surface area contributed by atoms with Gasteiger partial charge < -0.3 is 10.0 Å². The van der Waals surface area contributed by atoms with E-state index in [1.165, 1.54) is 0 Å². The maximum Gasteiger partial charge on any atom is 0.253 e. The number of aromatic nitrogens is 4. The molecule has 1 atom stereocenters. The van der Waals surface area contributed by atoms with E-state index in [9.17, 15) is 4.79 Å². The van der Waals surface area contributed by atoms with Crippen LogP contribution < -0.4 is 0 Å². The summed E-state index contributed by atoms with van der Waals surface area (Å²) >= 11 is 0. The molecule has 4 rings (SSSR count). The summed E-state index contributed by atoms with van der Waals surface area (Å²) in [4.78, 5) is 15.0. The van der Waals surface area contributed by atoms with Crippen LogP contribution in [0.2, 0.25) is 0 Å². The molecule has 0 unspecified atom stereocenters. The van der Waals surface area contributed by atoms with Gasteiger partial charge in [-0.25, -0.2) is 0 Å². The summed E-state index contributed by atoms with van der Waals surface area (Å²) in [7, 11) is 0. The van der Waals surface area contributed by atoms with Gasteiger partial charge >= 0.3 is 0 Å². The van der Waals surface area contributed by atoms with Crippen molar-refractivity contribution in [3.63, 3.8) is 0 Å². The number of hydrogen-bond acceptors (Lipinski definition) is 4. The zero-order chi connectivity index (χ0) is 19.3. The summed E-state index contributed by atoms with van der Waals surface area (Å²) in [5, 5.41) is 17.9. The summed E-state index contributed by atoms with van der Waals surface area (Å²) in [5.74, 6) is 0.312. The lowest BCUT2D eigenvalue weighted by atomic mass is 9.94. The van der Waals surface area contributed by atoms with Gasteiger partial charge in [0.15, 0.2) is 0 Å². The summed E-state index contributed by atoms with van der Waals surface area (Å²) < 4.78 is 3.61. The first-order valence-corrected chi connectivity index (χ1v) is 9.73. The molecule has 1 aliphatic heterocycles. The average molecular weight is 379 g/mol. The Kier molecular flexibility index (Phi) is 5.53. The van der Waals surface area contributed by atoms with Gasteiger partial charge in [-0.1, -0.05) is 12.1 Å². The van der Waals surface area contributed by atoms with E-state index in [1.54, 1.807) is 10.9 Å². The normalized spacial score (nSPS) is 17.0. The third-order valence-corrected chi connectivity index (χ3v) is 5.19. The molecule has 146 valence electrons. The fraction of sp³-hybridized carbons (Fsp3) is 0.381. The van der Waals surface area contributed by atoms with Crippen molar-refractivity contribution in [2.45, 2.75) is 31.8 Å². The molecular weight excluding hydrogens is 354 g/mol. The Morgan fingerprint density at radius 1 is 1.18 bits per heavy atom. The standard InChI is InChI=1S/C21H25N5O2/c27-13-12-25-11-7-20(23-25)19-6-2-9-24(16-19)21(28)18-5-1-4-17(14-18)15-26-10-3-8-22-26/h1,3-5,7-8,10-11,14,19,27H,2,6,9,12-13,15-16H2/t19-/m0/s1. The Balaban J connectivity index is 1.45. The zero-order valence-corrected chi connectivity index (χ0v) is 15.8. The van der Waals surface area contributed by atoms with Crippen LogP contribution in [-0.4, -0.2) is 55.2 Å². The third-order valence-electron chi connectivity index (χ3n) is 5.19. The van der Waals surface area contributed by atoms with E-state index in [0.717, 1.165) is 36.2 Å². The van der Waals surface area contributed by atoms with Crippen molar-refractivity contribution in [2.75, 3.05) is 19.7 Å². The van der Waals surface area contributed by atoms with Crippen molar-refractivity contribution in [2.24, 2.45) is 0 Å². The van der Waals surface area contributed by atoms with E-state index in [0.29, 0.717) is 19.6 Å². The van der Waals surface area contributed by atoms with E-state index < -0.39 is 0 Å². The molecule has 1 aromatic carbocycles. The van der Waals surface area contributed by atoms with Gasteiger partial charge in [0.25, 0.3) is 5.91 Å². The Bertz CT molecular complexity index is 919. The van der Waals surface area contributed by atoms with Crippen LogP contribution in [-0.2, 0) is 13.1 Å². The second kappa shape index (κ2) is 8.39. The quantitative estimate of drug-likeness (QED) is 0.712. The Morgan fingerprint density at radius 2 is 2.11 bits per heavy atom. The molecule has 3 heterocycles. The third kappa shape index (κ3) is 4.14. The number of benzene rings is 1. The van der Waals surface area contributed by atoms with Crippen molar-refractivity contribution in [1.82, 2.24) is 24.5 Å². The Morgan fingerprint density at radius 3 is 2.93 bits per heavy atom. The van der Waals surface area contributed by atoms with Crippen LogP contribution >= 0.6 is 0 Å². The molecule has 2 aromatic heterocycles. The Hall–Kier alpha value is -2.93. The van der Waals surface area contributed by atoms with Gasteiger partial charge in [-0.2, -0.15) is 10.2 Å². The highest BCUT2D eigenvalue weighted by atomic mass is 16.3. The summed E-state index contributed by atoms with van der Waals surface area (Å²) in [6.45, 7) is 2.68. The summed E-state index contributed by atoms with van der Waals surface area (Å²) in [5.41, 5.74) is 2.78. The molecule has 0 saturated carbocycles. The lowest BCUT2D eigenvalue weighted by molar-refractivity contribution is 0.0705. The number of amides is 1. The van der Waals surface area contributed by atoms with Gasteiger partial charge in [0, 0.05) is 43.2 Å².